The fourth-order valence-corrected chi connectivity index (χ4v) is 1.56. The molecule has 0 fully saturated rings. The minimum absolute atomic E-state index is 0.935. The van der Waals surface area contributed by atoms with E-state index < -0.39 is 0 Å². The van der Waals surface area contributed by atoms with Crippen molar-refractivity contribution in [3.05, 3.63) is 48.0 Å². The van der Waals surface area contributed by atoms with Crippen LogP contribution in [0.1, 0.15) is 25.0 Å². The van der Waals surface area contributed by atoms with Gasteiger partial charge in [-0.05, 0) is 30.5 Å². The second-order valence-corrected chi connectivity index (χ2v) is 3.88. The average Bonchev–Trinajstić information content (AvgIpc) is 2.16. The molecule has 0 aliphatic carbocycles. The maximum Gasteiger partial charge on any atom is 0.0181 e. The summed E-state index contributed by atoms with van der Waals surface area (Å²) < 4.78 is 0.935. The van der Waals surface area contributed by atoms with Crippen molar-refractivity contribution in [1.82, 2.24) is 0 Å². The largest absolute Gasteiger partial charge is 0.0841 e. The molecule has 0 spiro atoms. The van der Waals surface area contributed by atoms with E-state index in [0.29, 0.717) is 0 Å². The Balaban J connectivity index is 3.28. The molecule has 1 heteroatoms. The summed E-state index contributed by atoms with van der Waals surface area (Å²) in [5.74, 6) is 0. The molecule has 0 unspecified atom stereocenters. The Morgan fingerprint density at radius 1 is 1.31 bits per heavy atom. The highest BCUT2D eigenvalue weighted by Gasteiger charge is 2.03. The second kappa shape index (κ2) is 4.43. The Labute approximate surface area is 88.1 Å². The molecule has 0 amide bonds. The average molecular weight is 237 g/mol. The third-order valence-electron chi connectivity index (χ3n) is 2.08. The summed E-state index contributed by atoms with van der Waals surface area (Å²) in [4.78, 5) is 0. The van der Waals surface area contributed by atoms with Gasteiger partial charge in [0.2, 0.25) is 0 Å². The molecular weight excluding hydrogens is 224 g/mol. The van der Waals surface area contributed by atoms with Gasteiger partial charge in [-0.2, -0.15) is 0 Å². The van der Waals surface area contributed by atoms with Gasteiger partial charge in [-0.3, -0.25) is 0 Å². The molecule has 0 aliphatic rings. The summed E-state index contributed by atoms with van der Waals surface area (Å²) in [6.07, 6.45) is 2.11. The van der Waals surface area contributed by atoms with E-state index in [4.69, 9.17) is 0 Å². The number of rotatable bonds is 2. The molecule has 1 rings (SSSR count). The van der Waals surface area contributed by atoms with Crippen molar-refractivity contribution in [2.45, 2.75) is 13.8 Å². The normalized spacial score (nSPS) is 11.5. The zero-order valence-electron chi connectivity index (χ0n) is 7.97. The number of allylic oxidation sites excluding steroid dienone is 2. The van der Waals surface area contributed by atoms with E-state index in [9.17, 15) is 0 Å². The van der Waals surface area contributed by atoms with Gasteiger partial charge in [0.1, 0.15) is 0 Å². The molecule has 1 aromatic carbocycles. The molecule has 0 atom stereocenters. The van der Waals surface area contributed by atoms with Gasteiger partial charge in [0.05, 0.1) is 0 Å². The second-order valence-electron chi connectivity index (χ2n) is 2.92. The highest BCUT2D eigenvalue weighted by atomic mass is 79.9. The van der Waals surface area contributed by atoms with Crippen LogP contribution < -0.4 is 0 Å². The first-order chi connectivity index (χ1) is 6.16. The lowest BCUT2D eigenvalue weighted by Crippen LogP contribution is -1.86. The van der Waals surface area contributed by atoms with Crippen molar-refractivity contribution >= 4 is 26.0 Å². The lowest BCUT2D eigenvalue weighted by atomic mass is 10.0. The van der Waals surface area contributed by atoms with Gasteiger partial charge < -0.3 is 0 Å². The summed E-state index contributed by atoms with van der Waals surface area (Å²) in [6, 6.07) is 8.24. The fraction of sp³-hybridized carbons (Fsp3) is 0.167. The third-order valence-corrected chi connectivity index (χ3v) is 2.50. The molecule has 13 heavy (non-hydrogen) atoms. The monoisotopic (exact) mass is 236 g/mol. The van der Waals surface area contributed by atoms with Crippen LogP contribution >= 0.6 is 15.9 Å². The Hall–Kier alpha value is -0.820. The third kappa shape index (κ3) is 2.31. The van der Waals surface area contributed by atoms with Crippen LogP contribution in [-0.4, -0.2) is 0 Å². The molecule has 1 aromatic rings. The number of halogens is 1. The zero-order chi connectivity index (χ0) is 9.84. The maximum atomic E-state index is 3.89. The quantitative estimate of drug-likeness (QED) is 0.711. The van der Waals surface area contributed by atoms with Crippen molar-refractivity contribution < 1.29 is 0 Å². The molecule has 0 bridgehead atoms. The van der Waals surface area contributed by atoms with Crippen LogP contribution in [0.2, 0.25) is 0 Å². The SMILES string of the molecule is C=C(Br)c1ccccc1C(C)=CC. The van der Waals surface area contributed by atoms with Crippen LogP contribution in [0.3, 0.4) is 0 Å². The van der Waals surface area contributed by atoms with Crippen molar-refractivity contribution in [1.29, 1.82) is 0 Å². The molecule has 68 valence electrons. The van der Waals surface area contributed by atoms with E-state index in [0.717, 1.165) is 10.0 Å². The van der Waals surface area contributed by atoms with Gasteiger partial charge in [0.15, 0.2) is 0 Å². The Morgan fingerprint density at radius 2 is 1.85 bits per heavy atom. The van der Waals surface area contributed by atoms with Crippen molar-refractivity contribution in [2.75, 3.05) is 0 Å². The zero-order valence-corrected chi connectivity index (χ0v) is 9.56. The van der Waals surface area contributed by atoms with E-state index in [2.05, 4.69) is 47.6 Å². The van der Waals surface area contributed by atoms with Gasteiger partial charge in [0.25, 0.3) is 0 Å². The van der Waals surface area contributed by atoms with Crippen LogP contribution in [-0.2, 0) is 0 Å². The predicted octanol–water partition coefficient (Wildman–Crippen LogP) is 4.48. The van der Waals surface area contributed by atoms with Crippen molar-refractivity contribution in [3.63, 3.8) is 0 Å². The molecule has 0 saturated carbocycles. The topological polar surface area (TPSA) is 0 Å². The molecular formula is C12H13Br. The number of benzene rings is 1. The summed E-state index contributed by atoms with van der Waals surface area (Å²) in [5.41, 5.74) is 3.68. The van der Waals surface area contributed by atoms with Crippen LogP contribution in [0.4, 0.5) is 0 Å². The lowest BCUT2D eigenvalue weighted by Gasteiger charge is -2.07. The van der Waals surface area contributed by atoms with Crippen LogP contribution in [0, 0.1) is 0 Å². The van der Waals surface area contributed by atoms with E-state index >= 15 is 0 Å². The van der Waals surface area contributed by atoms with Gasteiger partial charge in [-0.25, -0.2) is 0 Å². The van der Waals surface area contributed by atoms with Crippen LogP contribution in [0.25, 0.3) is 10.1 Å². The van der Waals surface area contributed by atoms with Crippen molar-refractivity contribution in [2.24, 2.45) is 0 Å². The predicted molar refractivity (Wildman–Crippen MR) is 63.7 cm³/mol. The smallest absolute Gasteiger partial charge is 0.0181 e. The Bertz CT molecular complexity index is 348. The number of hydrogen-bond acceptors (Lipinski definition) is 0. The van der Waals surface area contributed by atoms with Crippen LogP contribution in [0.15, 0.2) is 36.9 Å². The molecule has 0 nitrogen and oxygen atoms in total. The van der Waals surface area contributed by atoms with Gasteiger partial charge >= 0.3 is 0 Å². The van der Waals surface area contributed by atoms with E-state index in [1.54, 1.807) is 0 Å². The Morgan fingerprint density at radius 3 is 2.31 bits per heavy atom. The van der Waals surface area contributed by atoms with Gasteiger partial charge in [0, 0.05) is 4.48 Å². The van der Waals surface area contributed by atoms with Gasteiger partial charge in [-0.15, -0.1) is 0 Å². The maximum absolute atomic E-state index is 3.89. The highest BCUT2D eigenvalue weighted by molar-refractivity contribution is 9.15. The van der Waals surface area contributed by atoms with Crippen molar-refractivity contribution in [3.8, 4) is 0 Å². The summed E-state index contributed by atoms with van der Waals surface area (Å²) in [6.45, 7) is 8.04. The molecule has 0 radical (unpaired) electrons. The first-order valence-corrected chi connectivity index (χ1v) is 5.03. The number of hydrogen-bond donors (Lipinski definition) is 0. The van der Waals surface area contributed by atoms with Gasteiger partial charge in [-0.1, -0.05) is 52.9 Å². The minimum Gasteiger partial charge on any atom is -0.0841 e. The van der Waals surface area contributed by atoms with E-state index in [1.807, 2.05) is 19.1 Å². The molecule has 0 N–H and O–H groups in total. The van der Waals surface area contributed by atoms with E-state index in [-0.39, 0.29) is 0 Å². The first kappa shape index (κ1) is 10.3. The summed E-state index contributed by atoms with van der Waals surface area (Å²) in [7, 11) is 0. The summed E-state index contributed by atoms with van der Waals surface area (Å²) in [5, 5.41) is 0. The van der Waals surface area contributed by atoms with E-state index in [1.165, 1.54) is 11.1 Å². The standard InChI is InChI=1S/C12H13Br/c1-4-9(2)11-7-5-6-8-12(11)10(3)13/h4-8H,3H2,1-2H3. The minimum atomic E-state index is 0.935. The summed E-state index contributed by atoms with van der Waals surface area (Å²) >= 11 is 3.41. The first-order valence-electron chi connectivity index (χ1n) is 4.24. The van der Waals surface area contributed by atoms with Crippen LogP contribution in [0.5, 0.6) is 0 Å². The molecule has 0 aromatic heterocycles. The highest BCUT2D eigenvalue weighted by Crippen LogP contribution is 2.27. The molecule has 0 aliphatic heterocycles. The molecule has 0 saturated heterocycles. The lowest BCUT2D eigenvalue weighted by molar-refractivity contribution is 1.51. The fourth-order valence-electron chi connectivity index (χ4n) is 1.22. The Kier molecular flexibility index (Phi) is 3.49. The molecule has 0 heterocycles.